The molecule has 1 aliphatic rings. The summed E-state index contributed by atoms with van der Waals surface area (Å²) in [6.45, 7) is 5.11. The first kappa shape index (κ1) is 26.2. The van der Waals surface area contributed by atoms with Crippen molar-refractivity contribution < 1.29 is 9.13 Å². The number of halogens is 1. The van der Waals surface area contributed by atoms with Crippen LogP contribution in [0.4, 0.5) is 4.39 Å². The maximum absolute atomic E-state index is 15.2. The van der Waals surface area contributed by atoms with Crippen molar-refractivity contribution in [2.45, 2.75) is 39.5 Å². The van der Waals surface area contributed by atoms with Crippen LogP contribution in [0.15, 0.2) is 91.0 Å². The molecule has 7 heteroatoms. The monoisotopic (exact) mass is 557 g/mol. The van der Waals surface area contributed by atoms with Crippen LogP contribution in [0.1, 0.15) is 35.0 Å². The molecule has 7 rings (SSSR count). The molecule has 0 spiro atoms. The summed E-state index contributed by atoms with van der Waals surface area (Å²) in [6, 6.07) is 29.9. The average molecular weight is 558 g/mol. The van der Waals surface area contributed by atoms with Gasteiger partial charge in [-0.2, -0.15) is 5.10 Å². The highest BCUT2D eigenvalue weighted by Crippen LogP contribution is 2.34. The van der Waals surface area contributed by atoms with E-state index in [-0.39, 0.29) is 11.6 Å². The van der Waals surface area contributed by atoms with Crippen LogP contribution in [0.5, 0.6) is 5.75 Å². The van der Waals surface area contributed by atoms with Gasteiger partial charge in [0.1, 0.15) is 12.3 Å². The number of rotatable bonds is 8. The standard InChI is InChI=1S/C35H32FN5O/c1-2-25-18-33(42-22-24-11-7-4-8-12-24)29(36)19-28(25)26-13-14-27-31(17-26)39-40-34(27)35-37-30-15-16-41(21-32(30)38-35)20-23-9-5-3-6-10-23/h3-14,17-19H,2,15-16,20-22H2,1H3,(H,37,38)(H,39,40). The predicted octanol–water partition coefficient (Wildman–Crippen LogP) is 7.46. The molecule has 210 valence electrons. The lowest BCUT2D eigenvalue weighted by Crippen LogP contribution is -2.30. The van der Waals surface area contributed by atoms with Crippen LogP contribution in [-0.2, 0) is 32.5 Å². The zero-order chi connectivity index (χ0) is 28.5. The van der Waals surface area contributed by atoms with Crippen molar-refractivity contribution in [3.8, 4) is 28.4 Å². The molecule has 3 heterocycles. The van der Waals surface area contributed by atoms with Crippen molar-refractivity contribution in [2.24, 2.45) is 0 Å². The molecule has 6 aromatic rings. The molecule has 4 aromatic carbocycles. The average Bonchev–Trinajstić information content (AvgIpc) is 3.65. The van der Waals surface area contributed by atoms with Crippen LogP contribution < -0.4 is 4.74 Å². The van der Waals surface area contributed by atoms with Crippen LogP contribution in [0.25, 0.3) is 33.5 Å². The molecule has 0 bridgehead atoms. The molecular formula is C35H32FN5O. The second kappa shape index (κ2) is 11.3. The Balaban J connectivity index is 1.12. The number of ether oxygens (including phenoxy) is 1. The van der Waals surface area contributed by atoms with Gasteiger partial charge in [-0.3, -0.25) is 10.00 Å². The van der Waals surface area contributed by atoms with Crippen molar-refractivity contribution in [3.05, 3.63) is 125 Å². The molecule has 0 amide bonds. The third kappa shape index (κ3) is 5.19. The van der Waals surface area contributed by atoms with Gasteiger partial charge in [-0.1, -0.05) is 73.7 Å². The number of H-pyrrole nitrogens is 2. The molecule has 6 nitrogen and oxygen atoms in total. The summed E-state index contributed by atoms with van der Waals surface area (Å²) in [5.74, 6) is 0.681. The fourth-order valence-electron chi connectivity index (χ4n) is 5.80. The summed E-state index contributed by atoms with van der Waals surface area (Å²) in [4.78, 5) is 10.9. The van der Waals surface area contributed by atoms with Crippen molar-refractivity contribution in [2.75, 3.05) is 6.54 Å². The highest BCUT2D eigenvalue weighted by atomic mass is 19.1. The first-order valence-electron chi connectivity index (χ1n) is 14.5. The summed E-state index contributed by atoms with van der Waals surface area (Å²) in [5.41, 5.74) is 9.06. The van der Waals surface area contributed by atoms with E-state index in [1.54, 1.807) is 6.07 Å². The number of aromatic amines is 2. The number of nitrogens with zero attached hydrogens (tertiary/aromatic N) is 3. The van der Waals surface area contributed by atoms with Gasteiger partial charge in [-0.05, 0) is 58.5 Å². The Bertz CT molecular complexity index is 1840. The fraction of sp³-hybridized carbons (Fsp3) is 0.200. The summed E-state index contributed by atoms with van der Waals surface area (Å²) in [6.07, 6.45) is 1.68. The minimum atomic E-state index is -0.369. The first-order valence-corrected chi connectivity index (χ1v) is 14.5. The van der Waals surface area contributed by atoms with E-state index in [1.165, 1.54) is 11.3 Å². The maximum Gasteiger partial charge on any atom is 0.165 e. The third-order valence-electron chi connectivity index (χ3n) is 8.04. The zero-order valence-electron chi connectivity index (χ0n) is 23.5. The van der Waals surface area contributed by atoms with Gasteiger partial charge >= 0.3 is 0 Å². The molecule has 2 aromatic heterocycles. The number of hydrogen-bond donors (Lipinski definition) is 2. The minimum Gasteiger partial charge on any atom is -0.486 e. The second-order valence-corrected chi connectivity index (χ2v) is 10.9. The summed E-state index contributed by atoms with van der Waals surface area (Å²) >= 11 is 0. The Hall–Kier alpha value is -4.75. The van der Waals surface area contributed by atoms with Crippen molar-refractivity contribution in [1.82, 2.24) is 25.1 Å². The number of aryl methyl sites for hydroxylation is 1. The van der Waals surface area contributed by atoms with Gasteiger partial charge in [0, 0.05) is 37.1 Å². The Morgan fingerprint density at radius 3 is 2.50 bits per heavy atom. The van der Waals surface area contributed by atoms with Gasteiger partial charge in [0.05, 0.1) is 11.2 Å². The lowest BCUT2D eigenvalue weighted by molar-refractivity contribution is 0.241. The molecule has 0 saturated heterocycles. The van der Waals surface area contributed by atoms with Crippen molar-refractivity contribution >= 4 is 10.9 Å². The highest BCUT2D eigenvalue weighted by molar-refractivity contribution is 5.94. The summed E-state index contributed by atoms with van der Waals surface area (Å²) in [7, 11) is 0. The molecule has 0 fully saturated rings. The Morgan fingerprint density at radius 2 is 1.71 bits per heavy atom. The molecule has 0 saturated carbocycles. The van der Waals surface area contributed by atoms with Crippen LogP contribution in [0.2, 0.25) is 0 Å². The largest absolute Gasteiger partial charge is 0.486 e. The van der Waals surface area contributed by atoms with E-state index in [9.17, 15) is 0 Å². The number of nitrogens with one attached hydrogen (secondary N) is 2. The van der Waals surface area contributed by atoms with Crippen molar-refractivity contribution in [3.63, 3.8) is 0 Å². The van der Waals surface area contributed by atoms with E-state index >= 15 is 4.39 Å². The number of benzene rings is 4. The lowest BCUT2D eigenvalue weighted by atomic mass is 9.96. The Labute approximate surface area is 244 Å². The molecule has 0 aliphatic carbocycles. The fourth-order valence-corrected chi connectivity index (χ4v) is 5.80. The van der Waals surface area contributed by atoms with Gasteiger partial charge in [0.15, 0.2) is 17.4 Å². The number of hydrogen-bond acceptors (Lipinski definition) is 4. The molecule has 42 heavy (non-hydrogen) atoms. The molecule has 0 unspecified atom stereocenters. The lowest BCUT2D eigenvalue weighted by Gasteiger charge is -2.25. The van der Waals surface area contributed by atoms with Crippen LogP contribution >= 0.6 is 0 Å². The first-order chi connectivity index (χ1) is 20.6. The van der Waals surface area contributed by atoms with E-state index in [0.29, 0.717) is 6.61 Å². The van der Waals surface area contributed by atoms with Gasteiger partial charge in [0.2, 0.25) is 0 Å². The third-order valence-corrected chi connectivity index (χ3v) is 8.04. The number of imidazole rings is 1. The quantitative estimate of drug-likeness (QED) is 0.204. The molecule has 0 atom stereocenters. The zero-order valence-corrected chi connectivity index (χ0v) is 23.5. The Morgan fingerprint density at radius 1 is 0.929 bits per heavy atom. The summed E-state index contributed by atoms with van der Waals surface area (Å²) < 4.78 is 21.0. The summed E-state index contributed by atoms with van der Waals surface area (Å²) in [5, 5.41) is 8.79. The molecule has 2 N–H and O–H groups in total. The van der Waals surface area contributed by atoms with Crippen LogP contribution in [0.3, 0.4) is 0 Å². The molecular weight excluding hydrogens is 525 g/mol. The minimum absolute atomic E-state index is 0.272. The van der Waals surface area contributed by atoms with Gasteiger partial charge in [-0.15, -0.1) is 0 Å². The molecule has 1 aliphatic heterocycles. The molecule has 0 radical (unpaired) electrons. The van der Waals surface area contributed by atoms with Gasteiger partial charge < -0.3 is 9.72 Å². The van der Waals surface area contributed by atoms with E-state index in [0.717, 1.165) is 82.8 Å². The number of aromatic nitrogens is 4. The smallest absolute Gasteiger partial charge is 0.165 e. The maximum atomic E-state index is 15.2. The van der Waals surface area contributed by atoms with Crippen molar-refractivity contribution in [1.29, 1.82) is 0 Å². The van der Waals surface area contributed by atoms with E-state index in [2.05, 4.69) is 57.3 Å². The van der Waals surface area contributed by atoms with Gasteiger partial charge in [-0.25, -0.2) is 9.37 Å². The van der Waals surface area contributed by atoms with E-state index < -0.39 is 0 Å². The van der Waals surface area contributed by atoms with Gasteiger partial charge in [0.25, 0.3) is 0 Å². The number of fused-ring (bicyclic) bond motifs is 2. The van der Waals surface area contributed by atoms with Crippen LogP contribution in [-0.4, -0.2) is 31.6 Å². The SMILES string of the molecule is CCc1cc(OCc2ccccc2)c(F)cc1-c1ccc2c(-c3nc4c([nH]3)CCN(Cc3ccccc3)C4)n[nH]c2c1. The topological polar surface area (TPSA) is 69.8 Å². The highest BCUT2D eigenvalue weighted by Gasteiger charge is 2.23. The second-order valence-electron chi connectivity index (χ2n) is 10.9. The Kier molecular flexibility index (Phi) is 7.01. The van der Waals surface area contributed by atoms with E-state index in [4.69, 9.17) is 9.72 Å². The van der Waals surface area contributed by atoms with E-state index in [1.807, 2.05) is 54.6 Å². The normalized spacial score (nSPS) is 13.4. The predicted molar refractivity (Wildman–Crippen MR) is 163 cm³/mol. The van der Waals surface area contributed by atoms with Crippen LogP contribution in [0, 0.1) is 5.82 Å².